The van der Waals surface area contributed by atoms with E-state index in [1.807, 2.05) is 24.3 Å². The van der Waals surface area contributed by atoms with Crippen LogP contribution >= 0.6 is 11.6 Å². The number of halogens is 1. The summed E-state index contributed by atoms with van der Waals surface area (Å²) < 4.78 is 11.3. The monoisotopic (exact) mass is 296 g/mol. The van der Waals surface area contributed by atoms with Crippen molar-refractivity contribution in [3.63, 3.8) is 0 Å². The van der Waals surface area contributed by atoms with E-state index in [9.17, 15) is 0 Å². The van der Waals surface area contributed by atoms with E-state index >= 15 is 0 Å². The topological polar surface area (TPSA) is 18.5 Å². The van der Waals surface area contributed by atoms with Crippen molar-refractivity contribution in [3.8, 4) is 5.75 Å². The minimum Gasteiger partial charge on any atom is -0.490 e. The zero-order valence-corrected chi connectivity index (χ0v) is 13.1. The molecule has 1 aromatic carbocycles. The lowest BCUT2D eigenvalue weighted by molar-refractivity contribution is 0.0833. The van der Waals surface area contributed by atoms with Gasteiger partial charge in [0, 0.05) is 6.61 Å². The molecule has 1 fully saturated rings. The highest BCUT2D eigenvalue weighted by Gasteiger charge is 2.18. The zero-order valence-electron chi connectivity index (χ0n) is 12.3. The van der Waals surface area contributed by atoms with E-state index < -0.39 is 0 Å². The van der Waals surface area contributed by atoms with Crippen LogP contribution in [0.1, 0.15) is 39.0 Å². The van der Waals surface area contributed by atoms with E-state index in [0.29, 0.717) is 18.2 Å². The van der Waals surface area contributed by atoms with E-state index in [4.69, 9.17) is 21.1 Å². The largest absolute Gasteiger partial charge is 0.490 e. The smallest absolute Gasteiger partial charge is 0.138 e. The molecule has 0 bridgehead atoms. The van der Waals surface area contributed by atoms with Crippen molar-refractivity contribution < 1.29 is 9.47 Å². The maximum atomic E-state index is 6.01. The summed E-state index contributed by atoms with van der Waals surface area (Å²) in [6, 6.07) is 7.54. The normalized spacial score (nSPS) is 22.7. The average molecular weight is 297 g/mol. The fourth-order valence-corrected chi connectivity index (χ4v) is 3.14. The SMILES string of the molecule is CC1CCCC(CCOCCOc2ccccc2Cl)C1. The van der Waals surface area contributed by atoms with Gasteiger partial charge < -0.3 is 9.47 Å². The van der Waals surface area contributed by atoms with E-state index in [1.54, 1.807) is 0 Å². The second-order valence-electron chi connectivity index (χ2n) is 5.82. The molecule has 1 saturated carbocycles. The van der Waals surface area contributed by atoms with Gasteiger partial charge in [0.15, 0.2) is 0 Å². The molecule has 1 aromatic rings. The highest BCUT2D eigenvalue weighted by Crippen LogP contribution is 2.30. The van der Waals surface area contributed by atoms with Gasteiger partial charge in [-0.3, -0.25) is 0 Å². The summed E-state index contributed by atoms with van der Waals surface area (Å²) in [5, 5.41) is 0.656. The highest BCUT2D eigenvalue weighted by atomic mass is 35.5. The maximum absolute atomic E-state index is 6.01. The fraction of sp³-hybridized carbons (Fsp3) is 0.647. The molecule has 3 heteroatoms. The predicted octanol–water partition coefficient (Wildman–Crippen LogP) is 4.95. The van der Waals surface area contributed by atoms with Crippen molar-refractivity contribution in [2.45, 2.75) is 39.0 Å². The van der Waals surface area contributed by atoms with Crippen molar-refractivity contribution in [1.29, 1.82) is 0 Å². The first-order valence-corrected chi connectivity index (χ1v) is 8.08. The van der Waals surface area contributed by atoms with Crippen LogP contribution in [0.25, 0.3) is 0 Å². The molecule has 0 heterocycles. The first kappa shape index (κ1) is 15.7. The molecule has 0 N–H and O–H groups in total. The Hall–Kier alpha value is -0.730. The number of rotatable bonds is 7. The van der Waals surface area contributed by atoms with E-state index in [-0.39, 0.29) is 0 Å². The van der Waals surface area contributed by atoms with E-state index in [0.717, 1.165) is 24.2 Å². The van der Waals surface area contributed by atoms with Crippen molar-refractivity contribution in [2.24, 2.45) is 11.8 Å². The van der Waals surface area contributed by atoms with Gasteiger partial charge >= 0.3 is 0 Å². The Labute approximate surface area is 127 Å². The first-order valence-electron chi connectivity index (χ1n) is 7.71. The first-order chi connectivity index (χ1) is 9.75. The Balaban J connectivity index is 1.53. The summed E-state index contributed by atoms with van der Waals surface area (Å²) in [6.07, 6.45) is 6.74. The van der Waals surface area contributed by atoms with Crippen LogP contribution in [-0.2, 0) is 4.74 Å². The average Bonchev–Trinajstić information content (AvgIpc) is 2.44. The molecule has 2 rings (SSSR count). The van der Waals surface area contributed by atoms with Crippen LogP contribution in [0.3, 0.4) is 0 Å². The van der Waals surface area contributed by atoms with Gasteiger partial charge in [0.05, 0.1) is 11.6 Å². The van der Waals surface area contributed by atoms with Gasteiger partial charge in [0.25, 0.3) is 0 Å². The lowest BCUT2D eigenvalue weighted by atomic mass is 9.81. The fourth-order valence-electron chi connectivity index (χ4n) is 2.95. The molecule has 0 amide bonds. The number of hydrogen-bond acceptors (Lipinski definition) is 2. The number of hydrogen-bond donors (Lipinski definition) is 0. The summed E-state index contributed by atoms with van der Waals surface area (Å²) in [7, 11) is 0. The van der Waals surface area contributed by atoms with Gasteiger partial charge in [0.1, 0.15) is 12.4 Å². The van der Waals surface area contributed by atoms with Crippen LogP contribution in [-0.4, -0.2) is 19.8 Å². The Kier molecular flexibility index (Phi) is 6.68. The molecule has 0 saturated heterocycles. The van der Waals surface area contributed by atoms with Gasteiger partial charge in [-0.1, -0.05) is 49.9 Å². The Morgan fingerprint density at radius 1 is 1.15 bits per heavy atom. The van der Waals surface area contributed by atoms with Crippen LogP contribution in [0.15, 0.2) is 24.3 Å². The highest BCUT2D eigenvalue weighted by molar-refractivity contribution is 6.32. The molecule has 1 aliphatic carbocycles. The molecule has 0 radical (unpaired) electrons. The molecule has 2 unspecified atom stereocenters. The predicted molar refractivity (Wildman–Crippen MR) is 83.5 cm³/mol. The minimum atomic E-state index is 0.560. The Morgan fingerprint density at radius 3 is 2.80 bits per heavy atom. The summed E-state index contributed by atoms with van der Waals surface area (Å²) in [6.45, 7) is 4.41. The second kappa shape index (κ2) is 8.53. The molecular formula is C17H25ClO2. The second-order valence-corrected chi connectivity index (χ2v) is 6.22. The van der Waals surface area contributed by atoms with Crippen LogP contribution in [0.5, 0.6) is 5.75 Å². The number of ether oxygens (including phenoxy) is 2. The van der Waals surface area contributed by atoms with Crippen molar-refractivity contribution in [3.05, 3.63) is 29.3 Å². The van der Waals surface area contributed by atoms with Gasteiger partial charge in [-0.15, -0.1) is 0 Å². The molecule has 112 valence electrons. The third-order valence-corrected chi connectivity index (χ3v) is 4.35. The molecule has 1 aliphatic rings. The summed E-state index contributed by atoms with van der Waals surface area (Å²) in [5.41, 5.74) is 0. The molecule has 0 spiro atoms. The van der Waals surface area contributed by atoms with Gasteiger partial charge in [-0.25, -0.2) is 0 Å². The van der Waals surface area contributed by atoms with Crippen LogP contribution in [0.2, 0.25) is 5.02 Å². The third kappa shape index (κ3) is 5.34. The third-order valence-electron chi connectivity index (χ3n) is 4.04. The molecule has 0 aromatic heterocycles. The summed E-state index contributed by atoms with van der Waals surface area (Å²) >= 11 is 6.01. The summed E-state index contributed by atoms with van der Waals surface area (Å²) in [5.74, 6) is 2.50. The summed E-state index contributed by atoms with van der Waals surface area (Å²) in [4.78, 5) is 0. The van der Waals surface area contributed by atoms with Gasteiger partial charge in [0.2, 0.25) is 0 Å². The lowest BCUT2D eigenvalue weighted by Gasteiger charge is -2.26. The molecule has 20 heavy (non-hydrogen) atoms. The Morgan fingerprint density at radius 2 is 2.00 bits per heavy atom. The lowest BCUT2D eigenvalue weighted by Crippen LogP contribution is -2.16. The van der Waals surface area contributed by atoms with Crippen molar-refractivity contribution in [2.75, 3.05) is 19.8 Å². The van der Waals surface area contributed by atoms with E-state index in [1.165, 1.54) is 32.1 Å². The standard InChI is InChI=1S/C17H25ClO2/c1-14-5-4-6-15(13-14)9-10-19-11-12-20-17-8-3-2-7-16(17)18/h2-3,7-8,14-15H,4-6,9-13H2,1H3. The van der Waals surface area contributed by atoms with Crippen molar-refractivity contribution >= 4 is 11.6 Å². The van der Waals surface area contributed by atoms with Gasteiger partial charge in [-0.05, 0) is 36.8 Å². The maximum Gasteiger partial charge on any atom is 0.138 e. The molecule has 0 aliphatic heterocycles. The van der Waals surface area contributed by atoms with Crippen molar-refractivity contribution in [1.82, 2.24) is 0 Å². The molecule has 2 nitrogen and oxygen atoms in total. The van der Waals surface area contributed by atoms with Crippen LogP contribution in [0, 0.1) is 11.8 Å². The van der Waals surface area contributed by atoms with Gasteiger partial charge in [-0.2, -0.15) is 0 Å². The number of para-hydroxylation sites is 1. The van der Waals surface area contributed by atoms with E-state index in [2.05, 4.69) is 6.92 Å². The minimum absolute atomic E-state index is 0.560. The quantitative estimate of drug-likeness (QED) is 0.663. The molecular weight excluding hydrogens is 272 g/mol. The van der Waals surface area contributed by atoms with Crippen LogP contribution < -0.4 is 4.74 Å². The van der Waals surface area contributed by atoms with Crippen LogP contribution in [0.4, 0.5) is 0 Å². The Bertz CT molecular complexity index is 394. The number of benzene rings is 1. The molecule has 2 atom stereocenters. The zero-order chi connectivity index (χ0) is 14.2.